The Morgan fingerprint density at radius 3 is 1.83 bits per heavy atom. The van der Waals surface area contributed by atoms with E-state index < -0.39 is 60.8 Å². The second-order valence-corrected chi connectivity index (χ2v) is 26.5. The van der Waals surface area contributed by atoms with Crippen molar-refractivity contribution in [3.8, 4) is 5.75 Å². The van der Waals surface area contributed by atoms with Crippen LogP contribution in [0.3, 0.4) is 0 Å². The van der Waals surface area contributed by atoms with Crippen LogP contribution in [0.1, 0.15) is 165 Å². The number of carboxylic acid groups (broad SMARTS) is 2. The fourth-order valence-corrected chi connectivity index (χ4v) is 12.8. The number of aryl methyl sites for hydroxylation is 1. The van der Waals surface area contributed by atoms with E-state index in [0.717, 1.165) is 51.4 Å². The maximum atomic E-state index is 14.6. The minimum Gasteiger partial charge on any atom is -0.481 e. The Bertz CT molecular complexity index is 3000. The number of nitrogens with one attached hydrogen (secondary N) is 5. The Morgan fingerprint density at radius 1 is 0.691 bits per heavy atom. The number of hydrogen-bond donors (Lipinski definition) is 7. The number of halogens is 1. The molecule has 1 saturated heterocycles. The first-order valence-electron chi connectivity index (χ1n) is 32.9. The topological polar surface area (TPSA) is 357 Å². The molecule has 7 N–H and O–H groups in total. The fourth-order valence-electron chi connectivity index (χ4n) is 11.2. The van der Waals surface area contributed by atoms with Crippen LogP contribution < -0.4 is 31.3 Å². The van der Waals surface area contributed by atoms with E-state index in [4.69, 9.17) is 37.8 Å². The van der Waals surface area contributed by atoms with Gasteiger partial charge in [-0.2, -0.15) is 0 Å². The number of rotatable bonds is 52. The molecular formula is C65H98BrN8O19P. The van der Waals surface area contributed by atoms with Crippen molar-refractivity contribution in [2.45, 2.75) is 181 Å². The molecule has 1 saturated carbocycles. The van der Waals surface area contributed by atoms with Crippen LogP contribution in [-0.2, 0) is 77.5 Å². The Hall–Kier alpha value is -6.39. The van der Waals surface area contributed by atoms with Crippen molar-refractivity contribution in [1.29, 1.82) is 0 Å². The average molecular weight is 1410 g/mol. The minimum absolute atomic E-state index is 0.0556. The SMILES string of the molecule is CCOP(=O)(COc1ccc2c(C(C)=O)cn(CC(=O)N3[C@H](C(=O)Nc4nc(Br)ccc4C)C[C@@]4(CNC(=O)COCCOCCNC(=O)COCCOCCNC(=O)CC[C@H](NC(=O)CCCCCCCCCCCCCCCCC(=O)O)C(=O)O)C[C@@H]34)c2c1)OCC. The molecule has 5 rings (SSSR count). The van der Waals surface area contributed by atoms with Gasteiger partial charge in [0.25, 0.3) is 0 Å². The summed E-state index contributed by atoms with van der Waals surface area (Å²) in [5, 5.41) is 32.6. The van der Waals surface area contributed by atoms with Gasteiger partial charge in [-0.1, -0.05) is 83.1 Å². The lowest BCUT2D eigenvalue weighted by Gasteiger charge is -2.27. The number of amides is 6. The third kappa shape index (κ3) is 28.1. The third-order valence-corrected chi connectivity index (χ3v) is 18.4. The molecule has 3 heterocycles. The molecule has 1 aliphatic heterocycles. The fraction of sp³-hybridized carbons (Fsp3) is 0.662. The molecule has 1 aliphatic carbocycles. The van der Waals surface area contributed by atoms with Crippen molar-refractivity contribution < 1.29 is 90.7 Å². The van der Waals surface area contributed by atoms with Gasteiger partial charge in [0, 0.05) is 73.6 Å². The number of carboxylic acids is 2. The number of nitrogens with zero attached hydrogens (tertiary/aromatic N) is 3. The Morgan fingerprint density at radius 2 is 1.26 bits per heavy atom. The van der Waals surface area contributed by atoms with Gasteiger partial charge in [-0.3, -0.25) is 42.9 Å². The van der Waals surface area contributed by atoms with Crippen LogP contribution in [0.2, 0.25) is 0 Å². The number of ether oxygens (including phenoxy) is 5. The monoisotopic (exact) mass is 1400 g/mol. The van der Waals surface area contributed by atoms with Gasteiger partial charge in [0.05, 0.1) is 58.4 Å². The lowest BCUT2D eigenvalue weighted by Crippen LogP contribution is -2.46. The van der Waals surface area contributed by atoms with Crippen molar-refractivity contribution in [2.75, 3.05) is 97.4 Å². The first-order valence-corrected chi connectivity index (χ1v) is 35.4. The summed E-state index contributed by atoms with van der Waals surface area (Å²) >= 11 is 3.36. The number of aliphatic carboxylic acids is 2. The highest BCUT2D eigenvalue weighted by molar-refractivity contribution is 9.10. The molecule has 6 amide bonds. The van der Waals surface area contributed by atoms with Gasteiger partial charge in [0.2, 0.25) is 35.4 Å². The maximum Gasteiger partial charge on any atom is 0.367 e. The van der Waals surface area contributed by atoms with E-state index in [9.17, 15) is 52.8 Å². The van der Waals surface area contributed by atoms with Crippen LogP contribution >= 0.6 is 23.5 Å². The van der Waals surface area contributed by atoms with E-state index >= 15 is 0 Å². The summed E-state index contributed by atoms with van der Waals surface area (Å²) in [7, 11) is -3.57. The van der Waals surface area contributed by atoms with Crippen molar-refractivity contribution in [1.82, 2.24) is 35.7 Å². The molecule has 2 aliphatic rings. The molecule has 0 unspecified atom stereocenters. The summed E-state index contributed by atoms with van der Waals surface area (Å²) in [5.41, 5.74) is 0.964. The van der Waals surface area contributed by atoms with Crippen LogP contribution in [-0.4, -0.2) is 188 Å². The second kappa shape index (κ2) is 42.2. The zero-order valence-electron chi connectivity index (χ0n) is 54.9. The highest BCUT2D eigenvalue weighted by Gasteiger charge is 2.67. The molecular weight excluding hydrogens is 1310 g/mol. The Kier molecular flexibility index (Phi) is 35.2. The smallest absolute Gasteiger partial charge is 0.367 e. The average Bonchev–Trinajstić information content (AvgIpc) is 1.54. The first-order chi connectivity index (χ1) is 45.2. The molecule has 2 aromatic heterocycles. The largest absolute Gasteiger partial charge is 0.481 e. The summed E-state index contributed by atoms with van der Waals surface area (Å²) in [6, 6.07) is 6.00. The van der Waals surface area contributed by atoms with Crippen molar-refractivity contribution >= 4 is 93.4 Å². The zero-order chi connectivity index (χ0) is 68.3. The summed E-state index contributed by atoms with van der Waals surface area (Å²) in [6.45, 7) is 7.52. The van der Waals surface area contributed by atoms with Crippen molar-refractivity contribution in [3.63, 3.8) is 0 Å². The molecule has 29 heteroatoms. The lowest BCUT2D eigenvalue weighted by molar-refractivity contribution is -0.142. The number of hydrogen-bond acceptors (Lipinski definition) is 18. The van der Waals surface area contributed by atoms with Gasteiger partial charge < -0.3 is 79.0 Å². The quantitative estimate of drug-likeness (QED) is 0.0122. The van der Waals surface area contributed by atoms with Gasteiger partial charge in [0.15, 0.2) is 12.1 Å². The molecule has 0 spiro atoms. The minimum atomic E-state index is -3.57. The Labute approximate surface area is 558 Å². The van der Waals surface area contributed by atoms with E-state index in [2.05, 4.69) is 47.5 Å². The van der Waals surface area contributed by atoms with E-state index in [1.165, 1.54) is 39.0 Å². The van der Waals surface area contributed by atoms with E-state index in [-0.39, 0.29) is 154 Å². The number of carbonyl (C=O) groups is 9. The van der Waals surface area contributed by atoms with Crippen molar-refractivity contribution in [2.24, 2.45) is 5.41 Å². The normalized spacial score (nSPS) is 16.1. The molecule has 2 fully saturated rings. The molecule has 4 atom stereocenters. The summed E-state index contributed by atoms with van der Waals surface area (Å²) in [4.78, 5) is 120. The van der Waals surface area contributed by atoms with E-state index in [1.54, 1.807) is 66.8 Å². The van der Waals surface area contributed by atoms with Gasteiger partial charge in [-0.15, -0.1) is 0 Å². The predicted octanol–water partition coefficient (Wildman–Crippen LogP) is 8.00. The number of piperidine rings is 1. The van der Waals surface area contributed by atoms with Gasteiger partial charge in [0.1, 0.15) is 48.0 Å². The Balaban J connectivity index is 0.900. The van der Waals surface area contributed by atoms with Crippen LogP contribution in [0.25, 0.3) is 10.9 Å². The summed E-state index contributed by atoms with van der Waals surface area (Å²) < 4.78 is 53.8. The summed E-state index contributed by atoms with van der Waals surface area (Å²) in [5.74, 6) is -3.88. The first kappa shape index (κ1) is 78.3. The lowest BCUT2D eigenvalue weighted by atomic mass is 9.99. The standard InChI is InChI=1S/C65H98BrN8O19P/c1-5-92-94(86,93-6-2)45-91-48-24-25-49-50(47(4)75)40-73(52(49)37-48)41-60(80)74-53(63(83)72-62-46(3)23-27-55(66)71-62)38-65(39-54(65)74)44-69-59(79)43-90-36-34-88-32-30-68-58(78)42-89-35-33-87-31-29-67-56(76)28-26-51(64(84)85)70-57(77)21-19-17-15-13-11-9-7-8-10-12-14-16-18-20-22-61(81)82/h23-25,27,37,40,51,53-54H,5-22,26,28-36,38-39,41-45H2,1-4H3,(H,67,76)(H,68,78)(H,69,79)(H,70,77)(H,81,82)(H,84,85)(H,71,72,83)/t51-,53-,54+,65-/m0/s1. The van der Waals surface area contributed by atoms with Crippen LogP contribution in [0.15, 0.2) is 41.1 Å². The van der Waals surface area contributed by atoms with Crippen LogP contribution in [0.5, 0.6) is 5.75 Å². The highest BCUT2D eigenvalue weighted by atomic mass is 79.9. The molecule has 3 aromatic rings. The number of carbonyl (C=O) groups excluding carboxylic acids is 7. The van der Waals surface area contributed by atoms with Crippen LogP contribution in [0, 0.1) is 12.3 Å². The number of aromatic nitrogens is 2. The maximum absolute atomic E-state index is 14.6. The number of pyridine rings is 1. The number of fused-ring (bicyclic) bond motifs is 2. The molecule has 94 heavy (non-hydrogen) atoms. The van der Waals surface area contributed by atoms with Gasteiger partial charge in [-0.25, -0.2) is 9.78 Å². The van der Waals surface area contributed by atoms with E-state index in [1.807, 2.05) is 0 Å². The van der Waals surface area contributed by atoms with E-state index in [0.29, 0.717) is 51.0 Å². The molecule has 524 valence electrons. The second-order valence-electron chi connectivity index (χ2n) is 23.7. The number of anilines is 1. The number of Topliss-reactive ketones (excluding diaryl/α,β-unsaturated/α-hetero) is 1. The predicted molar refractivity (Wildman–Crippen MR) is 352 cm³/mol. The zero-order valence-corrected chi connectivity index (χ0v) is 57.4. The molecule has 0 radical (unpaired) electrons. The molecule has 0 bridgehead atoms. The number of ketones is 1. The summed E-state index contributed by atoms with van der Waals surface area (Å²) in [6.07, 6.45) is 17.2. The van der Waals surface area contributed by atoms with Gasteiger partial charge >= 0.3 is 19.5 Å². The number of likely N-dealkylation sites (tertiary alicyclic amines) is 1. The van der Waals surface area contributed by atoms with Crippen LogP contribution in [0.4, 0.5) is 5.82 Å². The van der Waals surface area contributed by atoms with Gasteiger partial charge in [-0.05, 0) is 99.5 Å². The third-order valence-electron chi connectivity index (χ3n) is 16.2. The number of unbranched alkanes of at least 4 members (excludes halogenated alkanes) is 13. The van der Waals surface area contributed by atoms with Crippen molar-refractivity contribution in [3.05, 3.63) is 52.3 Å². The highest BCUT2D eigenvalue weighted by Crippen LogP contribution is 2.59. The molecule has 27 nitrogen and oxygen atoms in total. The molecule has 1 aromatic carbocycles. The number of benzene rings is 1.